The maximum absolute atomic E-state index is 12.5. The van der Waals surface area contributed by atoms with Gasteiger partial charge in [0.25, 0.3) is 0 Å². The predicted octanol–water partition coefficient (Wildman–Crippen LogP) is 1.98. The molecule has 0 fully saturated rings. The van der Waals surface area contributed by atoms with E-state index in [2.05, 4.69) is 4.18 Å². The summed E-state index contributed by atoms with van der Waals surface area (Å²) in [6.07, 6.45) is -5.12. The van der Waals surface area contributed by atoms with Gasteiger partial charge in [-0.2, -0.15) is 34.8 Å². The Morgan fingerprint density at radius 3 is 1.72 bits per heavy atom. The van der Waals surface area contributed by atoms with Gasteiger partial charge in [0.05, 0.1) is 0 Å². The molecule has 13 heteroatoms. The van der Waals surface area contributed by atoms with Gasteiger partial charge in [0.15, 0.2) is 0 Å². The van der Waals surface area contributed by atoms with E-state index < -0.39 is 41.2 Å². The quantitative estimate of drug-likeness (QED) is 0.602. The molecule has 0 rings (SSSR count). The lowest BCUT2D eigenvalue weighted by atomic mass is 10.1. The van der Waals surface area contributed by atoms with Crippen molar-refractivity contribution in [1.82, 2.24) is 0 Å². The van der Waals surface area contributed by atoms with Crippen molar-refractivity contribution in [2.75, 3.05) is 6.61 Å². The molecule has 1 N–H and O–H groups in total. The van der Waals surface area contributed by atoms with E-state index in [1.54, 1.807) is 0 Å². The van der Waals surface area contributed by atoms with Gasteiger partial charge in [-0.15, -0.1) is 0 Å². The smallest absolute Gasteiger partial charge is 0.264 e. The lowest BCUT2D eigenvalue weighted by Gasteiger charge is -2.31. The lowest BCUT2D eigenvalue weighted by molar-refractivity contribution is -0.342. The van der Waals surface area contributed by atoms with Crippen molar-refractivity contribution in [3.05, 3.63) is 0 Å². The van der Waals surface area contributed by atoms with Gasteiger partial charge in [0, 0.05) is 0 Å². The minimum atomic E-state index is -6.58. The molecule has 0 amide bonds. The molecule has 4 nitrogen and oxygen atoms in total. The molecule has 0 bridgehead atoms. The van der Waals surface area contributed by atoms with Gasteiger partial charge in [-0.25, -0.2) is 13.0 Å². The van der Waals surface area contributed by atoms with Crippen LogP contribution in [0.25, 0.3) is 0 Å². The molecule has 0 saturated carbocycles. The highest BCUT2D eigenvalue weighted by atomic mass is 32.3. The zero-order valence-corrected chi connectivity index (χ0v) is 8.70. The molecule has 0 heterocycles. The Labute approximate surface area is 94.5 Å². The number of hydrogen-bond acceptors (Lipinski definition) is 3. The topological polar surface area (TPSA) is 63.6 Å². The van der Waals surface area contributed by atoms with Crippen molar-refractivity contribution < 1.29 is 52.3 Å². The van der Waals surface area contributed by atoms with Crippen LogP contribution >= 0.6 is 0 Å². The van der Waals surface area contributed by atoms with E-state index in [9.17, 15) is 43.5 Å². The second-order valence-electron chi connectivity index (χ2n) is 2.89. The summed E-state index contributed by atoms with van der Waals surface area (Å²) in [7, 11) is -5.63. The van der Waals surface area contributed by atoms with Crippen LogP contribution in [-0.4, -0.2) is 43.8 Å². The number of alkyl halides is 8. The van der Waals surface area contributed by atoms with Crippen LogP contribution in [0.1, 0.15) is 0 Å². The third-order valence-electron chi connectivity index (χ3n) is 1.54. The Bertz CT molecular complexity index is 390. The SMILES string of the molecule is O=S(=O)(O)OCC(F)(F)C(F)(F)C(F)(F)C(F)F. The second kappa shape index (κ2) is 4.77. The third kappa shape index (κ3) is 3.41. The van der Waals surface area contributed by atoms with Gasteiger partial charge in [0.1, 0.15) is 6.61 Å². The molecule has 0 aliphatic carbocycles. The lowest BCUT2D eigenvalue weighted by Crippen LogP contribution is -2.59. The van der Waals surface area contributed by atoms with Crippen molar-refractivity contribution in [3.8, 4) is 0 Å². The van der Waals surface area contributed by atoms with E-state index in [1.807, 2.05) is 0 Å². The predicted molar refractivity (Wildman–Crippen MR) is 38.3 cm³/mol. The largest absolute Gasteiger partial charge is 0.397 e. The van der Waals surface area contributed by atoms with Gasteiger partial charge < -0.3 is 0 Å². The van der Waals surface area contributed by atoms with E-state index in [1.165, 1.54) is 0 Å². The zero-order valence-electron chi connectivity index (χ0n) is 7.89. The Morgan fingerprint density at radius 2 is 1.44 bits per heavy atom. The molecule has 0 aromatic carbocycles. The summed E-state index contributed by atoms with van der Waals surface area (Å²) in [6, 6.07) is 0. The van der Waals surface area contributed by atoms with Crippen LogP contribution in [0.2, 0.25) is 0 Å². The second-order valence-corrected chi connectivity index (χ2v) is 3.98. The van der Waals surface area contributed by atoms with Crippen LogP contribution in [0, 0.1) is 0 Å². The highest BCUT2D eigenvalue weighted by molar-refractivity contribution is 7.80. The van der Waals surface area contributed by atoms with Crippen molar-refractivity contribution in [1.29, 1.82) is 0 Å². The Hall–Kier alpha value is -0.690. The van der Waals surface area contributed by atoms with Crippen LogP contribution in [0.15, 0.2) is 0 Å². The zero-order chi connectivity index (χ0) is 15.0. The van der Waals surface area contributed by atoms with Gasteiger partial charge in [-0.1, -0.05) is 0 Å². The maximum atomic E-state index is 12.5. The Kier molecular flexibility index (Phi) is 4.59. The molecular weight excluding hydrogens is 308 g/mol. The molecule has 0 spiro atoms. The van der Waals surface area contributed by atoms with E-state index >= 15 is 0 Å². The average Bonchev–Trinajstić information content (AvgIpc) is 2.13. The first-order chi connectivity index (χ1) is 7.65. The summed E-state index contributed by atoms with van der Waals surface area (Å²) in [6.45, 7) is -2.93. The van der Waals surface area contributed by atoms with E-state index in [4.69, 9.17) is 4.55 Å². The van der Waals surface area contributed by atoms with Crippen LogP contribution < -0.4 is 0 Å². The highest BCUT2D eigenvalue weighted by Gasteiger charge is 2.75. The number of rotatable bonds is 6. The highest BCUT2D eigenvalue weighted by Crippen LogP contribution is 2.48. The van der Waals surface area contributed by atoms with Crippen LogP contribution in [0.4, 0.5) is 35.1 Å². The molecular formula is C5H4F8O4S. The number of halogens is 8. The first-order valence-corrected chi connectivity index (χ1v) is 5.05. The fraction of sp³-hybridized carbons (Fsp3) is 1.00. The van der Waals surface area contributed by atoms with Gasteiger partial charge >= 0.3 is 34.6 Å². The number of hydrogen-bond donors (Lipinski definition) is 1. The molecule has 110 valence electrons. The minimum absolute atomic E-state index is 2.77. The molecule has 0 atom stereocenters. The molecule has 0 aromatic rings. The van der Waals surface area contributed by atoms with Crippen LogP contribution in [0.5, 0.6) is 0 Å². The van der Waals surface area contributed by atoms with Crippen molar-refractivity contribution in [2.24, 2.45) is 0 Å². The molecule has 0 radical (unpaired) electrons. The summed E-state index contributed by atoms with van der Waals surface area (Å²) in [5.74, 6) is -19.0. The van der Waals surface area contributed by atoms with Crippen molar-refractivity contribution >= 4 is 10.4 Å². The summed E-state index contributed by atoms with van der Waals surface area (Å²) < 4.78 is 128. The fourth-order valence-corrected chi connectivity index (χ4v) is 0.917. The summed E-state index contributed by atoms with van der Waals surface area (Å²) >= 11 is 0. The summed E-state index contributed by atoms with van der Waals surface area (Å²) in [5.41, 5.74) is 0. The van der Waals surface area contributed by atoms with Gasteiger partial charge in [0.2, 0.25) is 0 Å². The molecule has 0 aromatic heterocycles. The average molecular weight is 312 g/mol. The monoisotopic (exact) mass is 312 g/mol. The third-order valence-corrected chi connectivity index (χ3v) is 1.96. The molecule has 0 unspecified atom stereocenters. The van der Waals surface area contributed by atoms with Crippen LogP contribution in [0.3, 0.4) is 0 Å². The van der Waals surface area contributed by atoms with Crippen molar-refractivity contribution in [3.63, 3.8) is 0 Å². The van der Waals surface area contributed by atoms with E-state index in [-0.39, 0.29) is 0 Å². The van der Waals surface area contributed by atoms with Crippen LogP contribution in [-0.2, 0) is 14.6 Å². The molecule has 0 saturated heterocycles. The normalized spacial score (nSPS) is 15.2. The van der Waals surface area contributed by atoms with Crippen molar-refractivity contribution in [2.45, 2.75) is 24.2 Å². The molecule has 18 heavy (non-hydrogen) atoms. The molecule has 0 aliphatic rings. The fourth-order valence-electron chi connectivity index (χ4n) is 0.620. The van der Waals surface area contributed by atoms with Gasteiger partial charge in [-0.05, 0) is 0 Å². The summed E-state index contributed by atoms with van der Waals surface area (Å²) in [4.78, 5) is 0. The van der Waals surface area contributed by atoms with E-state index in [0.717, 1.165) is 0 Å². The maximum Gasteiger partial charge on any atom is 0.397 e. The summed E-state index contributed by atoms with van der Waals surface area (Å²) in [5, 5.41) is 0. The first-order valence-electron chi connectivity index (χ1n) is 3.68. The standard InChI is InChI=1S/C5H4F8O4S/c6-2(7)4(10,11)5(12,13)3(8,9)1-17-18(14,15)16/h2H,1H2,(H,14,15,16). The first kappa shape index (κ1) is 17.3. The van der Waals surface area contributed by atoms with Gasteiger partial charge in [-0.3, -0.25) is 4.55 Å². The van der Waals surface area contributed by atoms with E-state index in [0.29, 0.717) is 0 Å². The Morgan fingerprint density at radius 1 is 1.06 bits per heavy atom. The Balaban J connectivity index is 5.20. The molecule has 0 aliphatic heterocycles. The minimum Gasteiger partial charge on any atom is -0.264 e.